The normalized spacial score (nSPS) is 25.3. The average molecular weight is 250 g/mol. The largest absolute Gasteiger partial charge is 0.505 e. The Balaban J connectivity index is 2.04. The van der Waals surface area contributed by atoms with Gasteiger partial charge in [-0.25, -0.2) is 4.98 Å². The number of carbonyl (C=O) groups excluding carboxylic acids is 1. The van der Waals surface area contributed by atoms with Crippen molar-refractivity contribution in [1.82, 2.24) is 10.3 Å². The second kappa shape index (κ2) is 4.57. The molecule has 0 saturated heterocycles. The summed E-state index contributed by atoms with van der Waals surface area (Å²) in [5.41, 5.74) is -0.0383. The van der Waals surface area contributed by atoms with Crippen molar-refractivity contribution in [3.8, 4) is 5.75 Å². The number of methoxy groups -OCH3 is 1. The number of amides is 1. The molecule has 5 heteroatoms. The molecule has 0 bridgehead atoms. The molecular weight excluding hydrogens is 232 g/mol. The molecular formula is C13H18N2O3. The van der Waals surface area contributed by atoms with Gasteiger partial charge in [-0.05, 0) is 18.6 Å². The fourth-order valence-electron chi connectivity index (χ4n) is 2.33. The maximum Gasteiger partial charge on any atom is 0.273 e. The van der Waals surface area contributed by atoms with Crippen molar-refractivity contribution in [2.75, 3.05) is 7.11 Å². The van der Waals surface area contributed by atoms with Crippen LogP contribution in [-0.4, -0.2) is 35.3 Å². The summed E-state index contributed by atoms with van der Waals surface area (Å²) in [6.07, 6.45) is 2.42. The number of hydrogen-bond donors (Lipinski definition) is 2. The zero-order valence-electron chi connectivity index (χ0n) is 10.8. The van der Waals surface area contributed by atoms with Crippen LogP contribution in [0.2, 0.25) is 0 Å². The molecule has 1 heterocycles. The topological polar surface area (TPSA) is 71.5 Å². The Morgan fingerprint density at radius 1 is 1.61 bits per heavy atom. The summed E-state index contributed by atoms with van der Waals surface area (Å²) < 4.78 is 5.33. The quantitative estimate of drug-likeness (QED) is 0.849. The van der Waals surface area contributed by atoms with Crippen molar-refractivity contribution in [1.29, 1.82) is 0 Å². The lowest BCUT2D eigenvalue weighted by atomic mass is 9.64. The van der Waals surface area contributed by atoms with Gasteiger partial charge in [-0.3, -0.25) is 4.79 Å². The Kier molecular flexibility index (Phi) is 3.26. The third-order valence-electron chi connectivity index (χ3n) is 3.77. The van der Waals surface area contributed by atoms with Crippen LogP contribution in [0.4, 0.5) is 0 Å². The molecule has 0 aromatic carbocycles. The van der Waals surface area contributed by atoms with Gasteiger partial charge in [-0.15, -0.1) is 0 Å². The molecule has 98 valence electrons. The van der Waals surface area contributed by atoms with Gasteiger partial charge in [-0.1, -0.05) is 13.8 Å². The van der Waals surface area contributed by atoms with E-state index in [4.69, 9.17) is 4.74 Å². The van der Waals surface area contributed by atoms with Crippen LogP contribution in [0.3, 0.4) is 0 Å². The van der Waals surface area contributed by atoms with E-state index in [1.807, 2.05) is 13.8 Å². The van der Waals surface area contributed by atoms with Crippen molar-refractivity contribution in [3.05, 3.63) is 24.0 Å². The second-order valence-corrected chi connectivity index (χ2v) is 5.18. The first-order valence-corrected chi connectivity index (χ1v) is 5.94. The van der Waals surface area contributed by atoms with Gasteiger partial charge in [0.1, 0.15) is 5.75 Å². The molecule has 1 aliphatic rings. The highest BCUT2D eigenvalue weighted by Gasteiger charge is 2.49. The lowest BCUT2D eigenvalue weighted by Crippen LogP contribution is -2.61. The Labute approximate surface area is 106 Å². The van der Waals surface area contributed by atoms with E-state index >= 15 is 0 Å². The fraction of sp³-hybridized carbons (Fsp3) is 0.538. The summed E-state index contributed by atoms with van der Waals surface area (Å²) in [5.74, 6) is -0.448. The van der Waals surface area contributed by atoms with Gasteiger partial charge in [0, 0.05) is 24.8 Å². The Morgan fingerprint density at radius 3 is 2.89 bits per heavy atom. The van der Waals surface area contributed by atoms with E-state index in [1.54, 1.807) is 13.2 Å². The van der Waals surface area contributed by atoms with Crippen molar-refractivity contribution >= 4 is 5.91 Å². The Morgan fingerprint density at radius 2 is 2.33 bits per heavy atom. The SMILES string of the molecule is COC1CC(NC(=O)c2ncccc2O)C1(C)C. The molecule has 1 aromatic heterocycles. The van der Waals surface area contributed by atoms with Crippen LogP contribution in [0.5, 0.6) is 5.75 Å². The van der Waals surface area contributed by atoms with E-state index in [9.17, 15) is 9.90 Å². The maximum atomic E-state index is 12.0. The van der Waals surface area contributed by atoms with Gasteiger partial charge in [0.05, 0.1) is 6.10 Å². The summed E-state index contributed by atoms with van der Waals surface area (Å²) in [4.78, 5) is 15.9. The number of hydrogen-bond acceptors (Lipinski definition) is 4. The van der Waals surface area contributed by atoms with E-state index in [1.165, 1.54) is 12.3 Å². The number of nitrogens with zero attached hydrogens (tertiary/aromatic N) is 1. The van der Waals surface area contributed by atoms with Crippen LogP contribution in [0.25, 0.3) is 0 Å². The van der Waals surface area contributed by atoms with Crippen molar-refractivity contribution < 1.29 is 14.6 Å². The lowest BCUT2D eigenvalue weighted by Gasteiger charge is -2.51. The molecule has 2 atom stereocenters. The molecule has 1 amide bonds. The number of ether oxygens (including phenoxy) is 1. The van der Waals surface area contributed by atoms with E-state index in [2.05, 4.69) is 10.3 Å². The molecule has 18 heavy (non-hydrogen) atoms. The van der Waals surface area contributed by atoms with Crippen LogP contribution < -0.4 is 5.32 Å². The molecule has 1 aromatic rings. The van der Waals surface area contributed by atoms with Crippen LogP contribution in [0.15, 0.2) is 18.3 Å². The third kappa shape index (κ3) is 2.06. The number of pyridine rings is 1. The number of aromatic nitrogens is 1. The summed E-state index contributed by atoms with van der Waals surface area (Å²) in [6.45, 7) is 4.10. The molecule has 2 unspecified atom stereocenters. The first-order valence-electron chi connectivity index (χ1n) is 5.94. The van der Waals surface area contributed by atoms with Gasteiger partial charge in [0.15, 0.2) is 5.69 Å². The molecule has 0 aliphatic heterocycles. The van der Waals surface area contributed by atoms with E-state index < -0.39 is 0 Å². The molecule has 2 rings (SSSR count). The van der Waals surface area contributed by atoms with Crippen LogP contribution >= 0.6 is 0 Å². The van der Waals surface area contributed by atoms with E-state index in [-0.39, 0.29) is 34.9 Å². The summed E-state index contributed by atoms with van der Waals surface area (Å²) in [5, 5.41) is 12.5. The van der Waals surface area contributed by atoms with Crippen molar-refractivity contribution in [3.63, 3.8) is 0 Å². The van der Waals surface area contributed by atoms with Crippen molar-refractivity contribution in [2.24, 2.45) is 5.41 Å². The molecule has 1 saturated carbocycles. The van der Waals surface area contributed by atoms with Gasteiger partial charge < -0.3 is 15.2 Å². The van der Waals surface area contributed by atoms with Crippen LogP contribution in [-0.2, 0) is 4.74 Å². The molecule has 5 nitrogen and oxygen atoms in total. The van der Waals surface area contributed by atoms with Gasteiger partial charge in [0.25, 0.3) is 5.91 Å². The summed E-state index contributed by atoms with van der Waals surface area (Å²) in [6, 6.07) is 3.07. The van der Waals surface area contributed by atoms with E-state index in [0.29, 0.717) is 0 Å². The first-order chi connectivity index (χ1) is 8.46. The molecule has 0 radical (unpaired) electrons. The smallest absolute Gasteiger partial charge is 0.273 e. The number of nitrogens with one attached hydrogen (secondary N) is 1. The predicted octanol–water partition coefficient (Wildman–Crippen LogP) is 1.33. The standard InChI is InChI=1S/C13H18N2O3/c1-13(2)9(7-10(13)18-3)15-12(17)11-8(16)5-4-6-14-11/h4-6,9-10,16H,7H2,1-3H3,(H,15,17). The Bertz CT molecular complexity index is 459. The minimum Gasteiger partial charge on any atom is -0.505 e. The third-order valence-corrected chi connectivity index (χ3v) is 3.77. The average Bonchev–Trinajstić information content (AvgIpc) is 2.34. The highest BCUT2D eigenvalue weighted by Crippen LogP contribution is 2.42. The van der Waals surface area contributed by atoms with Gasteiger partial charge in [-0.2, -0.15) is 0 Å². The summed E-state index contributed by atoms with van der Waals surface area (Å²) >= 11 is 0. The first kappa shape index (κ1) is 12.8. The number of rotatable bonds is 3. The van der Waals surface area contributed by atoms with Crippen LogP contribution in [0, 0.1) is 5.41 Å². The highest BCUT2D eigenvalue weighted by molar-refractivity contribution is 5.95. The highest BCUT2D eigenvalue weighted by atomic mass is 16.5. The van der Waals surface area contributed by atoms with E-state index in [0.717, 1.165) is 6.42 Å². The molecule has 2 N–H and O–H groups in total. The predicted molar refractivity (Wildman–Crippen MR) is 66.4 cm³/mol. The minimum absolute atomic E-state index is 0.0383. The van der Waals surface area contributed by atoms with Crippen molar-refractivity contribution in [2.45, 2.75) is 32.4 Å². The molecule has 1 fully saturated rings. The molecule has 1 aliphatic carbocycles. The summed E-state index contributed by atoms with van der Waals surface area (Å²) in [7, 11) is 1.68. The maximum absolute atomic E-state index is 12.0. The van der Waals surface area contributed by atoms with Gasteiger partial charge >= 0.3 is 0 Å². The fourth-order valence-corrected chi connectivity index (χ4v) is 2.33. The van der Waals surface area contributed by atoms with Gasteiger partial charge in [0.2, 0.25) is 0 Å². The zero-order chi connectivity index (χ0) is 13.3. The van der Waals surface area contributed by atoms with Crippen LogP contribution in [0.1, 0.15) is 30.8 Å². The zero-order valence-corrected chi connectivity index (χ0v) is 10.8. The molecule has 0 spiro atoms. The second-order valence-electron chi connectivity index (χ2n) is 5.18. The number of carbonyl (C=O) groups is 1. The minimum atomic E-state index is -0.347. The lowest BCUT2D eigenvalue weighted by molar-refractivity contribution is -0.0942. The Hall–Kier alpha value is -1.62. The monoisotopic (exact) mass is 250 g/mol. The number of aromatic hydroxyl groups is 1.